The first-order valence-corrected chi connectivity index (χ1v) is 8.69. The highest BCUT2D eigenvalue weighted by molar-refractivity contribution is 5.96. The summed E-state index contributed by atoms with van der Waals surface area (Å²) < 4.78 is 41.7. The van der Waals surface area contributed by atoms with Crippen LogP contribution in [0, 0.1) is 0 Å². The van der Waals surface area contributed by atoms with Gasteiger partial charge in [0.25, 0.3) is 0 Å². The molecule has 0 unspecified atom stereocenters. The molecular formula is C21H16F3N3O. The van der Waals surface area contributed by atoms with E-state index in [9.17, 15) is 18.0 Å². The predicted molar refractivity (Wildman–Crippen MR) is 101 cm³/mol. The molecular weight excluding hydrogens is 367 g/mol. The van der Waals surface area contributed by atoms with Crippen molar-refractivity contribution in [3.63, 3.8) is 0 Å². The molecule has 0 atom stereocenters. The topological polar surface area (TPSA) is 38.1 Å². The smallest absolute Gasteiger partial charge is 0.332 e. The molecule has 1 aliphatic rings. The second-order valence-electron chi connectivity index (χ2n) is 6.43. The maximum atomic E-state index is 13.3. The van der Waals surface area contributed by atoms with Crippen molar-refractivity contribution in [3.8, 4) is 5.69 Å². The van der Waals surface area contributed by atoms with Crippen LogP contribution in [0.3, 0.4) is 0 Å². The van der Waals surface area contributed by atoms with Crippen molar-refractivity contribution < 1.29 is 18.0 Å². The second kappa shape index (κ2) is 6.99. The molecule has 0 saturated heterocycles. The number of para-hydroxylation sites is 1. The summed E-state index contributed by atoms with van der Waals surface area (Å²) in [6.07, 6.45) is 3.47. The molecule has 1 aromatic heterocycles. The number of benzene rings is 2. The first kappa shape index (κ1) is 18.0. The summed E-state index contributed by atoms with van der Waals surface area (Å²) >= 11 is 0. The largest absolute Gasteiger partial charge is 0.416 e. The normalized spacial score (nSPS) is 14.5. The Hall–Kier alpha value is -3.35. The summed E-state index contributed by atoms with van der Waals surface area (Å²) in [6, 6.07) is 11.3. The van der Waals surface area contributed by atoms with Gasteiger partial charge in [0.05, 0.1) is 16.6 Å². The van der Waals surface area contributed by atoms with Gasteiger partial charge in [0, 0.05) is 30.4 Å². The Morgan fingerprint density at radius 3 is 2.46 bits per heavy atom. The Balaban J connectivity index is 1.83. The van der Waals surface area contributed by atoms with Crippen LogP contribution in [-0.2, 0) is 11.0 Å². The van der Waals surface area contributed by atoms with Crippen molar-refractivity contribution in [1.29, 1.82) is 0 Å². The molecule has 28 heavy (non-hydrogen) atoms. The SMILES string of the molecule is O=C(/C=C/c1cc(C(F)(F)F)cc2ncn(-c3ccccc3)c12)N1CC=CC1. The Kier molecular flexibility index (Phi) is 4.50. The number of alkyl halides is 3. The zero-order valence-electron chi connectivity index (χ0n) is 14.7. The maximum Gasteiger partial charge on any atom is 0.416 e. The van der Waals surface area contributed by atoms with E-state index < -0.39 is 11.7 Å². The molecule has 7 heteroatoms. The van der Waals surface area contributed by atoms with Crippen LogP contribution >= 0.6 is 0 Å². The molecule has 0 fully saturated rings. The van der Waals surface area contributed by atoms with Crippen molar-refractivity contribution in [2.45, 2.75) is 6.18 Å². The molecule has 1 amide bonds. The molecule has 2 heterocycles. The Labute approximate surface area is 159 Å². The highest BCUT2D eigenvalue weighted by atomic mass is 19.4. The van der Waals surface area contributed by atoms with Gasteiger partial charge in [0.15, 0.2) is 0 Å². The van der Waals surface area contributed by atoms with E-state index in [0.29, 0.717) is 18.6 Å². The minimum Gasteiger partial charge on any atom is -0.332 e. The van der Waals surface area contributed by atoms with E-state index in [-0.39, 0.29) is 17.0 Å². The molecule has 0 radical (unpaired) electrons. The number of fused-ring (bicyclic) bond motifs is 1. The van der Waals surface area contributed by atoms with Gasteiger partial charge in [0.1, 0.15) is 6.33 Å². The number of hydrogen-bond acceptors (Lipinski definition) is 2. The van der Waals surface area contributed by atoms with Gasteiger partial charge >= 0.3 is 6.18 Å². The van der Waals surface area contributed by atoms with E-state index in [4.69, 9.17) is 0 Å². The Morgan fingerprint density at radius 2 is 1.79 bits per heavy atom. The van der Waals surface area contributed by atoms with Gasteiger partial charge in [0.2, 0.25) is 5.91 Å². The molecule has 4 nitrogen and oxygen atoms in total. The highest BCUT2D eigenvalue weighted by Gasteiger charge is 2.32. The lowest BCUT2D eigenvalue weighted by molar-refractivity contribution is -0.137. The Morgan fingerprint density at radius 1 is 1.07 bits per heavy atom. The van der Waals surface area contributed by atoms with Crippen LogP contribution < -0.4 is 0 Å². The van der Waals surface area contributed by atoms with Crippen molar-refractivity contribution in [2.75, 3.05) is 13.1 Å². The van der Waals surface area contributed by atoms with Crippen molar-refractivity contribution in [2.24, 2.45) is 0 Å². The highest BCUT2D eigenvalue weighted by Crippen LogP contribution is 2.34. The number of carbonyl (C=O) groups is 1. The zero-order valence-corrected chi connectivity index (χ0v) is 14.7. The van der Waals surface area contributed by atoms with Crippen molar-refractivity contribution >= 4 is 23.0 Å². The molecule has 3 aromatic rings. The number of aromatic nitrogens is 2. The average molecular weight is 383 g/mol. The predicted octanol–water partition coefficient (Wildman–Crippen LogP) is 4.46. The fourth-order valence-electron chi connectivity index (χ4n) is 3.18. The van der Waals surface area contributed by atoms with E-state index >= 15 is 0 Å². The fraction of sp³-hybridized carbons (Fsp3) is 0.143. The van der Waals surface area contributed by atoms with Gasteiger partial charge in [-0.3, -0.25) is 9.36 Å². The third kappa shape index (κ3) is 3.43. The molecule has 0 saturated carbocycles. The van der Waals surface area contributed by atoms with Crippen molar-refractivity contribution in [3.05, 3.63) is 78.1 Å². The summed E-state index contributed by atoms with van der Waals surface area (Å²) in [7, 11) is 0. The monoisotopic (exact) mass is 383 g/mol. The van der Waals surface area contributed by atoms with E-state index in [2.05, 4.69) is 4.98 Å². The first-order valence-electron chi connectivity index (χ1n) is 8.69. The average Bonchev–Trinajstić information content (AvgIpc) is 3.35. The number of halogens is 3. The number of rotatable bonds is 3. The standard InChI is InChI=1S/C21H16F3N3O/c22-21(23,24)16-12-15(8-9-19(28)26-10-4-5-11-26)20-18(13-16)25-14-27(20)17-6-2-1-3-7-17/h1-9,12-14H,10-11H2/b9-8+. The van der Waals surface area contributed by atoms with Gasteiger partial charge in [-0.1, -0.05) is 30.4 Å². The number of carbonyl (C=O) groups excluding carboxylic acids is 1. The van der Waals surface area contributed by atoms with Crippen LogP contribution in [0.4, 0.5) is 13.2 Å². The van der Waals surface area contributed by atoms with Gasteiger partial charge in [-0.2, -0.15) is 13.2 Å². The summed E-state index contributed by atoms with van der Waals surface area (Å²) in [5.74, 6) is -0.249. The molecule has 0 spiro atoms. The molecule has 1 aliphatic heterocycles. The first-order chi connectivity index (χ1) is 13.4. The zero-order chi connectivity index (χ0) is 19.7. The summed E-state index contributed by atoms with van der Waals surface area (Å²) in [5, 5.41) is 0. The van der Waals surface area contributed by atoms with E-state index in [0.717, 1.165) is 17.8 Å². The molecule has 2 aromatic carbocycles. The van der Waals surface area contributed by atoms with Gasteiger partial charge in [-0.05, 0) is 30.3 Å². The fourth-order valence-corrected chi connectivity index (χ4v) is 3.18. The number of hydrogen-bond donors (Lipinski definition) is 0. The van der Waals surface area contributed by atoms with Gasteiger partial charge in [-0.15, -0.1) is 0 Å². The maximum absolute atomic E-state index is 13.3. The molecule has 0 aliphatic carbocycles. The molecule has 0 N–H and O–H groups in total. The van der Waals surface area contributed by atoms with Crippen LogP contribution in [0.2, 0.25) is 0 Å². The van der Waals surface area contributed by atoms with Crippen LogP contribution in [0.1, 0.15) is 11.1 Å². The molecule has 4 rings (SSSR count). The summed E-state index contributed by atoms with van der Waals surface area (Å²) in [4.78, 5) is 18.0. The number of imidazole rings is 1. The minimum atomic E-state index is -4.50. The molecule has 142 valence electrons. The lowest BCUT2D eigenvalue weighted by Gasteiger charge is -2.13. The summed E-state index contributed by atoms with van der Waals surface area (Å²) in [5.41, 5.74) is 0.992. The molecule has 0 bridgehead atoms. The van der Waals surface area contributed by atoms with E-state index in [1.54, 1.807) is 9.47 Å². The quantitative estimate of drug-likeness (QED) is 0.495. The lowest BCUT2D eigenvalue weighted by atomic mass is 10.1. The second-order valence-corrected chi connectivity index (χ2v) is 6.43. The van der Waals surface area contributed by atoms with E-state index in [1.807, 2.05) is 42.5 Å². The van der Waals surface area contributed by atoms with Crippen LogP contribution in [-0.4, -0.2) is 33.4 Å². The number of amides is 1. The number of nitrogens with zero attached hydrogens (tertiary/aromatic N) is 3. The van der Waals surface area contributed by atoms with Crippen molar-refractivity contribution in [1.82, 2.24) is 14.5 Å². The van der Waals surface area contributed by atoms with Crippen LogP contribution in [0.15, 0.2) is 67.0 Å². The lowest BCUT2D eigenvalue weighted by Crippen LogP contribution is -2.26. The third-order valence-electron chi connectivity index (χ3n) is 4.57. The summed E-state index contributed by atoms with van der Waals surface area (Å²) in [6.45, 7) is 1.01. The Bertz CT molecular complexity index is 1070. The van der Waals surface area contributed by atoms with Gasteiger partial charge < -0.3 is 4.90 Å². The van der Waals surface area contributed by atoms with Crippen LogP contribution in [0.5, 0.6) is 0 Å². The van der Waals surface area contributed by atoms with Gasteiger partial charge in [-0.25, -0.2) is 4.98 Å². The van der Waals surface area contributed by atoms with E-state index in [1.165, 1.54) is 18.5 Å². The van der Waals surface area contributed by atoms with Crippen LogP contribution in [0.25, 0.3) is 22.8 Å². The minimum absolute atomic E-state index is 0.216. The third-order valence-corrected chi connectivity index (χ3v) is 4.57.